The molecule has 128 valence electrons. The van der Waals surface area contributed by atoms with Gasteiger partial charge in [0.25, 0.3) is 5.91 Å². The Balaban J connectivity index is 1.71. The van der Waals surface area contributed by atoms with E-state index in [0.717, 1.165) is 14.9 Å². The van der Waals surface area contributed by atoms with E-state index in [4.69, 9.17) is 4.74 Å². The van der Waals surface area contributed by atoms with Crippen LogP contribution in [0.25, 0.3) is 0 Å². The second-order valence-corrected chi connectivity index (χ2v) is 7.12. The SMILES string of the molecule is O=C(COc1ccccc1Br)N[C@H](c1ccc(F)cc1)c1cccs1. The average molecular weight is 420 g/mol. The summed E-state index contributed by atoms with van der Waals surface area (Å²) in [6, 6.07) is 17.0. The molecule has 0 bridgehead atoms. The third-order valence-corrected chi connectivity index (χ3v) is 5.12. The standard InChI is InChI=1S/C19H15BrFNO2S/c20-15-4-1-2-5-16(15)24-12-18(23)22-19(17-6-3-11-25-17)13-7-9-14(21)10-8-13/h1-11,19H,12H2,(H,22,23)/t19-/m1/s1. The Morgan fingerprint density at radius 3 is 2.56 bits per heavy atom. The molecule has 0 aliphatic rings. The number of carbonyl (C=O) groups is 1. The van der Waals surface area contributed by atoms with E-state index in [-0.39, 0.29) is 24.4 Å². The summed E-state index contributed by atoms with van der Waals surface area (Å²) < 4.78 is 19.5. The fourth-order valence-electron chi connectivity index (χ4n) is 2.34. The van der Waals surface area contributed by atoms with Crippen molar-refractivity contribution >= 4 is 33.2 Å². The van der Waals surface area contributed by atoms with Crippen LogP contribution in [0.5, 0.6) is 5.75 Å². The molecule has 3 nitrogen and oxygen atoms in total. The molecule has 1 aromatic heterocycles. The fourth-order valence-corrected chi connectivity index (χ4v) is 3.54. The van der Waals surface area contributed by atoms with Gasteiger partial charge in [-0.2, -0.15) is 0 Å². The molecule has 0 fully saturated rings. The van der Waals surface area contributed by atoms with Crippen molar-refractivity contribution in [3.05, 3.63) is 86.8 Å². The van der Waals surface area contributed by atoms with Gasteiger partial charge in [0.05, 0.1) is 10.5 Å². The topological polar surface area (TPSA) is 38.3 Å². The first-order chi connectivity index (χ1) is 12.1. The minimum Gasteiger partial charge on any atom is -0.483 e. The predicted octanol–water partition coefficient (Wildman–Crippen LogP) is 4.93. The normalized spacial score (nSPS) is 11.8. The summed E-state index contributed by atoms with van der Waals surface area (Å²) in [7, 11) is 0. The Morgan fingerprint density at radius 2 is 1.88 bits per heavy atom. The lowest BCUT2D eigenvalue weighted by Gasteiger charge is -2.18. The number of amides is 1. The Morgan fingerprint density at radius 1 is 1.12 bits per heavy atom. The molecule has 3 rings (SSSR count). The van der Waals surface area contributed by atoms with Crippen molar-refractivity contribution in [1.29, 1.82) is 0 Å². The molecular weight excluding hydrogens is 405 g/mol. The van der Waals surface area contributed by atoms with Crippen molar-refractivity contribution in [3.8, 4) is 5.75 Å². The summed E-state index contributed by atoms with van der Waals surface area (Å²) in [5.74, 6) is 0.0443. The molecule has 6 heteroatoms. The van der Waals surface area contributed by atoms with Crippen LogP contribution in [0.1, 0.15) is 16.5 Å². The van der Waals surface area contributed by atoms with Crippen LogP contribution >= 0.6 is 27.3 Å². The molecule has 0 aliphatic heterocycles. The summed E-state index contributed by atoms with van der Waals surface area (Å²) in [5.41, 5.74) is 0.818. The highest BCUT2D eigenvalue weighted by Crippen LogP contribution is 2.27. The highest BCUT2D eigenvalue weighted by molar-refractivity contribution is 9.10. The summed E-state index contributed by atoms with van der Waals surface area (Å²) in [6.45, 7) is -0.105. The van der Waals surface area contributed by atoms with Crippen molar-refractivity contribution in [3.63, 3.8) is 0 Å². The maximum absolute atomic E-state index is 13.2. The minimum absolute atomic E-state index is 0.105. The summed E-state index contributed by atoms with van der Waals surface area (Å²) in [4.78, 5) is 13.3. The van der Waals surface area contributed by atoms with Gasteiger partial charge >= 0.3 is 0 Å². The zero-order chi connectivity index (χ0) is 17.6. The van der Waals surface area contributed by atoms with E-state index in [1.54, 1.807) is 18.2 Å². The largest absolute Gasteiger partial charge is 0.483 e. The molecule has 25 heavy (non-hydrogen) atoms. The van der Waals surface area contributed by atoms with Crippen LogP contribution in [0.3, 0.4) is 0 Å². The van der Waals surface area contributed by atoms with Gasteiger partial charge in [0, 0.05) is 4.88 Å². The van der Waals surface area contributed by atoms with Crippen LogP contribution in [0.15, 0.2) is 70.5 Å². The molecule has 1 atom stereocenters. The lowest BCUT2D eigenvalue weighted by Crippen LogP contribution is -2.33. The van der Waals surface area contributed by atoms with Crippen molar-refractivity contribution < 1.29 is 13.9 Å². The molecule has 0 saturated carbocycles. The van der Waals surface area contributed by atoms with Gasteiger partial charge in [0.15, 0.2) is 6.61 Å². The maximum Gasteiger partial charge on any atom is 0.258 e. The highest BCUT2D eigenvalue weighted by Gasteiger charge is 2.18. The van der Waals surface area contributed by atoms with Crippen LogP contribution < -0.4 is 10.1 Å². The Hall–Kier alpha value is -2.18. The number of halogens is 2. The Labute approximate surface area is 157 Å². The van der Waals surface area contributed by atoms with E-state index in [1.807, 2.05) is 35.7 Å². The van der Waals surface area contributed by atoms with Gasteiger partial charge in [-0.15, -0.1) is 11.3 Å². The summed E-state index contributed by atoms with van der Waals surface area (Å²) >= 11 is 4.91. The molecule has 0 spiro atoms. The summed E-state index contributed by atoms with van der Waals surface area (Å²) in [5, 5.41) is 4.89. The quantitative estimate of drug-likeness (QED) is 0.614. The summed E-state index contributed by atoms with van der Waals surface area (Å²) in [6.07, 6.45) is 0. The zero-order valence-corrected chi connectivity index (χ0v) is 15.5. The van der Waals surface area contributed by atoms with Gasteiger partial charge < -0.3 is 10.1 Å². The van der Waals surface area contributed by atoms with Crippen LogP contribution in [-0.4, -0.2) is 12.5 Å². The fraction of sp³-hybridized carbons (Fsp3) is 0.105. The van der Waals surface area contributed by atoms with Gasteiger partial charge in [-0.3, -0.25) is 4.79 Å². The zero-order valence-electron chi connectivity index (χ0n) is 13.1. The van der Waals surface area contributed by atoms with E-state index in [2.05, 4.69) is 21.2 Å². The number of thiophene rings is 1. The second kappa shape index (κ2) is 8.27. The molecule has 1 amide bonds. The van der Waals surface area contributed by atoms with Crippen LogP contribution in [0.2, 0.25) is 0 Å². The molecule has 1 N–H and O–H groups in total. The Bertz CT molecular complexity index is 837. The lowest BCUT2D eigenvalue weighted by atomic mass is 10.1. The molecule has 2 aromatic carbocycles. The molecule has 0 aliphatic carbocycles. The van der Waals surface area contributed by atoms with Crippen molar-refractivity contribution in [2.45, 2.75) is 6.04 Å². The molecule has 3 aromatic rings. The Kier molecular flexibility index (Phi) is 5.83. The molecular formula is C19H15BrFNO2S. The van der Waals surface area contributed by atoms with E-state index in [9.17, 15) is 9.18 Å². The monoisotopic (exact) mass is 419 g/mol. The van der Waals surface area contributed by atoms with Gasteiger partial charge in [0.1, 0.15) is 11.6 Å². The lowest BCUT2D eigenvalue weighted by molar-refractivity contribution is -0.123. The smallest absolute Gasteiger partial charge is 0.258 e. The van der Waals surface area contributed by atoms with Crippen LogP contribution in [-0.2, 0) is 4.79 Å². The first-order valence-electron chi connectivity index (χ1n) is 7.59. The minimum atomic E-state index is -0.337. The van der Waals surface area contributed by atoms with Crippen molar-refractivity contribution in [2.24, 2.45) is 0 Å². The van der Waals surface area contributed by atoms with Crippen LogP contribution in [0, 0.1) is 5.82 Å². The number of carbonyl (C=O) groups excluding carboxylic acids is 1. The molecule has 0 saturated heterocycles. The number of rotatable bonds is 6. The third kappa shape index (κ3) is 4.67. The van der Waals surface area contributed by atoms with E-state index < -0.39 is 0 Å². The van der Waals surface area contributed by atoms with Gasteiger partial charge in [-0.05, 0) is 57.2 Å². The van der Waals surface area contributed by atoms with E-state index >= 15 is 0 Å². The van der Waals surface area contributed by atoms with E-state index in [0.29, 0.717) is 5.75 Å². The maximum atomic E-state index is 13.2. The average Bonchev–Trinajstić information content (AvgIpc) is 3.14. The second-order valence-electron chi connectivity index (χ2n) is 5.29. The van der Waals surface area contributed by atoms with Gasteiger partial charge in [-0.1, -0.05) is 30.3 Å². The predicted molar refractivity (Wildman–Crippen MR) is 100 cm³/mol. The number of para-hydroxylation sites is 1. The first-order valence-corrected chi connectivity index (χ1v) is 9.26. The molecule has 0 radical (unpaired) electrons. The van der Waals surface area contributed by atoms with Crippen molar-refractivity contribution in [1.82, 2.24) is 5.32 Å². The number of ether oxygens (including phenoxy) is 1. The number of nitrogens with one attached hydrogen (secondary N) is 1. The molecule has 1 heterocycles. The van der Waals surface area contributed by atoms with E-state index in [1.165, 1.54) is 23.5 Å². The van der Waals surface area contributed by atoms with Gasteiger partial charge in [0.2, 0.25) is 0 Å². The third-order valence-electron chi connectivity index (χ3n) is 3.53. The number of hydrogen-bond acceptors (Lipinski definition) is 3. The van der Waals surface area contributed by atoms with Crippen molar-refractivity contribution in [2.75, 3.05) is 6.61 Å². The number of benzene rings is 2. The highest BCUT2D eigenvalue weighted by atomic mass is 79.9. The number of hydrogen-bond donors (Lipinski definition) is 1. The van der Waals surface area contributed by atoms with Crippen LogP contribution in [0.4, 0.5) is 4.39 Å². The first kappa shape index (κ1) is 17.6. The van der Waals surface area contributed by atoms with Gasteiger partial charge in [-0.25, -0.2) is 4.39 Å². The molecule has 0 unspecified atom stereocenters.